The molecule has 4 N–H and O–H groups in total. The Kier molecular flexibility index (Phi) is 10.0. The van der Waals surface area contributed by atoms with Gasteiger partial charge in [0, 0.05) is 6.42 Å². The number of amides is 2. The Morgan fingerprint density at radius 3 is 1.63 bits per heavy atom. The number of nitrogens with one attached hydrogen (secondary N) is 2. The lowest BCUT2D eigenvalue weighted by Crippen LogP contribution is -2.49. The van der Waals surface area contributed by atoms with Crippen molar-refractivity contribution in [3.63, 3.8) is 0 Å². The minimum atomic E-state index is -0.982. The maximum Gasteiger partial charge on any atom is 0.328 e. The fourth-order valence-corrected chi connectivity index (χ4v) is 4.70. The van der Waals surface area contributed by atoms with E-state index < -0.39 is 29.5 Å². The van der Waals surface area contributed by atoms with Gasteiger partial charge in [-0.05, 0) is 35.6 Å². The number of rotatable bonds is 12. The highest BCUT2D eigenvalue weighted by Gasteiger charge is 2.37. The van der Waals surface area contributed by atoms with Crippen LogP contribution >= 0.6 is 0 Å². The second-order valence-electron chi connectivity index (χ2n) is 9.87. The standard InChI is InChI=1S/C34H35N3O4/c1-25(33(40)41-24-26-14-6-2-7-15-26)36-32(39)30(35)22-23-31(38)37-34(27-16-8-3-9-17-27,28-18-10-4-11-19-28)29-20-12-5-13-21-29/h2-21,25,30H,22-24,35H2,1H3,(H,36,39)(H,37,38)/t25-,30-/m0/s1. The lowest BCUT2D eigenvalue weighted by Gasteiger charge is -2.37. The van der Waals surface area contributed by atoms with Crippen LogP contribution in [0, 0.1) is 0 Å². The minimum absolute atomic E-state index is 0.00960. The molecule has 4 aromatic rings. The Balaban J connectivity index is 1.42. The monoisotopic (exact) mass is 549 g/mol. The second kappa shape index (κ2) is 14.1. The molecule has 0 unspecified atom stereocenters. The van der Waals surface area contributed by atoms with Crippen molar-refractivity contribution in [3.8, 4) is 0 Å². The molecule has 0 heterocycles. The average molecular weight is 550 g/mol. The Labute approximate surface area is 240 Å². The Hall–Kier alpha value is -4.75. The molecular formula is C34H35N3O4. The third-order valence-electron chi connectivity index (χ3n) is 6.90. The molecule has 0 aliphatic carbocycles. The van der Waals surface area contributed by atoms with Gasteiger partial charge in [-0.15, -0.1) is 0 Å². The number of carbonyl (C=O) groups is 3. The van der Waals surface area contributed by atoms with E-state index in [1.807, 2.05) is 121 Å². The lowest BCUT2D eigenvalue weighted by molar-refractivity contribution is -0.148. The summed E-state index contributed by atoms with van der Waals surface area (Å²) < 4.78 is 5.29. The number of nitrogens with two attached hydrogens (primary N) is 1. The van der Waals surface area contributed by atoms with Gasteiger partial charge in [-0.3, -0.25) is 9.59 Å². The highest BCUT2D eigenvalue weighted by Crippen LogP contribution is 2.36. The zero-order valence-electron chi connectivity index (χ0n) is 23.0. The van der Waals surface area contributed by atoms with Crippen molar-refractivity contribution in [2.24, 2.45) is 5.73 Å². The van der Waals surface area contributed by atoms with Gasteiger partial charge in [-0.25, -0.2) is 4.79 Å². The van der Waals surface area contributed by atoms with Crippen LogP contribution in [0.25, 0.3) is 0 Å². The Morgan fingerprint density at radius 2 is 1.17 bits per heavy atom. The smallest absolute Gasteiger partial charge is 0.328 e. The molecule has 41 heavy (non-hydrogen) atoms. The predicted octanol–water partition coefficient (Wildman–Crippen LogP) is 4.45. The first-order valence-corrected chi connectivity index (χ1v) is 13.6. The molecule has 4 rings (SSSR count). The van der Waals surface area contributed by atoms with E-state index in [0.717, 1.165) is 22.3 Å². The van der Waals surface area contributed by atoms with E-state index in [0.29, 0.717) is 0 Å². The van der Waals surface area contributed by atoms with Crippen molar-refractivity contribution in [2.75, 3.05) is 0 Å². The highest BCUT2D eigenvalue weighted by atomic mass is 16.5. The van der Waals surface area contributed by atoms with E-state index >= 15 is 0 Å². The molecule has 0 spiro atoms. The van der Waals surface area contributed by atoms with Gasteiger partial charge in [0.15, 0.2) is 0 Å². The van der Waals surface area contributed by atoms with Crippen molar-refractivity contribution in [1.29, 1.82) is 0 Å². The minimum Gasteiger partial charge on any atom is -0.459 e. The summed E-state index contributed by atoms with van der Waals surface area (Å²) in [7, 11) is 0. The third-order valence-corrected chi connectivity index (χ3v) is 6.90. The first-order valence-electron chi connectivity index (χ1n) is 13.6. The predicted molar refractivity (Wildman–Crippen MR) is 158 cm³/mol. The zero-order chi connectivity index (χ0) is 29.1. The summed E-state index contributed by atoms with van der Waals surface area (Å²) in [5.74, 6) is -1.35. The molecule has 7 heteroatoms. The van der Waals surface area contributed by atoms with Gasteiger partial charge in [-0.1, -0.05) is 121 Å². The number of esters is 1. The second-order valence-corrected chi connectivity index (χ2v) is 9.87. The maximum absolute atomic E-state index is 13.5. The molecule has 0 saturated carbocycles. The average Bonchev–Trinajstić information content (AvgIpc) is 3.03. The third kappa shape index (κ3) is 7.47. The normalized spacial score (nSPS) is 12.5. The van der Waals surface area contributed by atoms with Gasteiger partial charge in [0.2, 0.25) is 11.8 Å². The van der Waals surface area contributed by atoms with Gasteiger partial charge in [-0.2, -0.15) is 0 Å². The molecule has 0 aromatic heterocycles. The zero-order valence-corrected chi connectivity index (χ0v) is 23.0. The van der Waals surface area contributed by atoms with Crippen molar-refractivity contribution in [2.45, 2.75) is 44.0 Å². The summed E-state index contributed by atoms with van der Waals surface area (Å²) in [5.41, 5.74) is 8.72. The largest absolute Gasteiger partial charge is 0.459 e. The molecule has 0 aliphatic rings. The van der Waals surface area contributed by atoms with Crippen molar-refractivity contribution < 1.29 is 19.1 Å². The lowest BCUT2D eigenvalue weighted by atomic mass is 9.77. The Morgan fingerprint density at radius 1 is 0.732 bits per heavy atom. The van der Waals surface area contributed by atoms with Crippen LogP contribution in [0.4, 0.5) is 0 Å². The topological polar surface area (TPSA) is 111 Å². The summed E-state index contributed by atoms with van der Waals surface area (Å²) in [4.78, 5) is 38.6. The van der Waals surface area contributed by atoms with Crippen molar-refractivity contribution in [3.05, 3.63) is 144 Å². The van der Waals surface area contributed by atoms with E-state index in [4.69, 9.17) is 10.5 Å². The molecule has 4 aromatic carbocycles. The molecule has 0 fully saturated rings. The molecular weight excluding hydrogens is 514 g/mol. The maximum atomic E-state index is 13.5. The molecule has 7 nitrogen and oxygen atoms in total. The number of hydrogen-bond donors (Lipinski definition) is 3. The molecule has 2 amide bonds. The van der Waals surface area contributed by atoms with Crippen molar-refractivity contribution >= 4 is 17.8 Å². The van der Waals surface area contributed by atoms with Crippen LogP contribution < -0.4 is 16.4 Å². The van der Waals surface area contributed by atoms with Crippen LogP contribution in [0.5, 0.6) is 0 Å². The number of hydrogen-bond acceptors (Lipinski definition) is 5. The summed E-state index contributed by atoms with van der Waals surface area (Å²) in [5, 5.41) is 5.86. The molecule has 210 valence electrons. The van der Waals surface area contributed by atoms with Crippen LogP contribution in [0.2, 0.25) is 0 Å². The van der Waals surface area contributed by atoms with Crippen LogP contribution in [0.15, 0.2) is 121 Å². The van der Waals surface area contributed by atoms with Crippen LogP contribution in [0.1, 0.15) is 42.0 Å². The van der Waals surface area contributed by atoms with Gasteiger partial charge in [0.1, 0.15) is 18.2 Å². The number of benzene rings is 4. The molecule has 0 radical (unpaired) electrons. The van der Waals surface area contributed by atoms with Crippen LogP contribution in [-0.4, -0.2) is 29.9 Å². The molecule has 0 bridgehead atoms. The van der Waals surface area contributed by atoms with Gasteiger partial charge < -0.3 is 21.1 Å². The van der Waals surface area contributed by atoms with E-state index in [1.54, 1.807) is 6.92 Å². The fourth-order valence-electron chi connectivity index (χ4n) is 4.70. The number of ether oxygens (including phenoxy) is 1. The summed E-state index contributed by atoms with van der Waals surface area (Å²) in [6.45, 7) is 1.65. The van der Waals surface area contributed by atoms with Gasteiger partial charge >= 0.3 is 5.97 Å². The quantitative estimate of drug-likeness (QED) is 0.179. The van der Waals surface area contributed by atoms with E-state index in [1.165, 1.54) is 0 Å². The Bertz CT molecular complexity index is 1320. The molecule has 0 saturated heterocycles. The fraction of sp³-hybridized carbons (Fsp3) is 0.206. The molecule has 2 atom stereocenters. The van der Waals surface area contributed by atoms with Crippen molar-refractivity contribution in [1.82, 2.24) is 10.6 Å². The number of carbonyl (C=O) groups excluding carboxylic acids is 3. The van der Waals surface area contributed by atoms with Crippen LogP contribution in [0.3, 0.4) is 0 Å². The van der Waals surface area contributed by atoms with E-state index in [9.17, 15) is 14.4 Å². The summed E-state index contributed by atoms with van der Waals surface area (Å²) >= 11 is 0. The first kappa shape index (κ1) is 29.2. The summed E-state index contributed by atoms with van der Waals surface area (Å²) in [6, 6.07) is 36.7. The van der Waals surface area contributed by atoms with Gasteiger partial charge in [0.05, 0.1) is 6.04 Å². The summed E-state index contributed by atoms with van der Waals surface area (Å²) in [6.07, 6.45) is 0.105. The first-order chi connectivity index (χ1) is 19.9. The van der Waals surface area contributed by atoms with Crippen LogP contribution in [-0.2, 0) is 31.3 Å². The SMILES string of the molecule is C[C@H](NC(=O)[C@@H](N)CCC(=O)NC(c1ccccc1)(c1ccccc1)c1ccccc1)C(=O)OCc1ccccc1. The highest BCUT2D eigenvalue weighted by molar-refractivity contribution is 5.88. The van der Waals surface area contributed by atoms with E-state index in [-0.39, 0.29) is 25.4 Å². The molecule has 0 aliphatic heterocycles. The van der Waals surface area contributed by atoms with Gasteiger partial charge in [0.25, 0.3) is 0 Å². The van der Waals surface area contributed by atoms with E-state index in [2.05, 4.69) is 10.6 Å².